The molecule has 2 heteroatoms. The van der Waals surface area contributed by atoms with E-state index in [-0.39, 0.29) is 6.04 Å². The molecule has 1 aliphatic carbocycles. The molecule has 2 heterocycles. The topological polar surface area (TPSA) is 24.1 Å². The van der Waals surface area contributed by atoms with E-state index in [1.54, 1.807) is 0 Å². The molecule has 2 aromatic rings. The van der Waals surface area contributed by atoms with Gasteiger partial charge in [-0.1, -0.05) is 72.8 Å². The van der Waals surface area contributed by atoms with Crippen LogP contribution >= 0.6 is 0 Å². The summed E-state index contributed by atoms with van der Waals surface area (Å²) in [6.45, 7) is 4.45. The first kappa shape index (κ1) is 17.1. The number of fused-ring (bicyclic) bond motifs is 3. The van der Waals surface area contributed by atoms with Crippen LogP contribution in [0.2, 0.25) is 0 Å². The Morgan fingerprint density at radius 2 is 1.39 bits per heavy atom. The molecule has 0 saturated carbocycles. The van der Waals surface area contributed by atoms with E-state index in [9.17, 15) is 0 Å². The molecule has 28 heavy (non-hydrogen) atoms. The van der Waals surface area contributed by atoms with Gasteiger partial charge in [-0.2, -0.15) is 0 Å². The fraction of sp³-hybridized carbons (Fsp3) is 0.231. The van der Waals surface area contributed by atoms with Gasteiger partial charge in [-0.25, -0.2) is 0 Å². The Bertz CT molecular complexity index is 1040. The lowest BCUT2D eigenvalue weighted by Gasteiger charge is -2.33. The molecule has 0 saturated heterocycles. The first-order valence-corrected chi connectivity index (χ1v) is 10.3. The minimum atomic E-state index is 0.287. The van der Waals surface area contributed by atoms with Crippen molar-refractivity contribution >= 4 is 22.5 Å². The van der Waals surface area contributed by atoms with Crippen molar-refractivity contribution in [1.82, 2.24) is 0 Å². The van der Waals surface area contributed by atoms with Gasteiger partial charge in [0.1, 0.15) is 0 Å². The summed E-state index contributed by atoms with van der Waals surface area (Å²) in [5, 5.41) is 7.46. The van der Waals surface area contributed by atoms with Crippen LogP contribution < -0.4 is 10.6 Å². The second kappa shape index (κ2) is 6.87. The Morgan fingerprint density at radius 3 is 2.04 bits per heavy atom. The zero-order valence-electron chi connectivity index (χ0n) is 16.5. The highest BCUT2D eigenvalue weighted by atomic mass is 15.0. The van der Waals surface area contributed by atoms with E-state index < -0.39 is 0 Å². The summed E-state index contributed by atoms with van der Waals surface area (Å²) in [6, 6.07) is 15.9. The van der Waals surface area contributed by atoms with Crippen molar-refractivity contribution in [2.45, 2.75) is 38.8 Å². The Labute approximate surface area is 167 Å². The highest BCUT2D eigenvalue weighted by molar-refractivity contribution is 6.01. The molecule has 2 aromatic carbocycles. The summed E-state index contributed by atoms with van der Waals surface area (Å²) < 4.78 is 0. The Kier molecular flexibility index (Phi) is 4.20. The lowest BCUT2D eigenvalue weighted by atomic mass is 9.84. The van der Waals surface area contributed by atoms with Crippen LogP contribution in [0.15, 0.2) is 78.4 Å². The molecule has 2 N–H and O–H groups in total. The van der Waals surface area contributed by atoms with Gasteiger partial charge in [-0.05, 0) is 49.0 Å². The first-order chi connectivity index (χ1) is 13.7. The van der Waals surface area contributed by atoms with Gasteiger partial charge in [0.25, 0.3) is 0 Å². The molecule has 140 valence electrons. The second-order valence-corrected chi connectivity index (χ2v) is 7.94. The normalized spacial score (nSPS) is 22.7. The average Bonchev–Trinajstić information content (AvgIpc) is 2.74. The molecule has 2 aliphatic heterocycles. The Morgan fingerprint density at radius 1 is 0.750 bits per heavy atom. The number of benzene rings is 2. The van der Waals surface area contributed by atoms with Gasteiger partial charge >= 0.3 is 0 Å². The predicted molar refractivity (Wildman–Crippen MR) is 121 cm³/mol. The van der Waals surface area contributed by atoms with Crippen molar-refractivity contribution in [2.24, 2.45) is 0 Å². The van der Waals surface area contributed by atoms with Crippen LogP contribution in [-0.4, -0.2) is 12.1 Å². The Balaban J connectivity index is 1.66. The zero-order chi connectivity index (χ0) is 19.1. The maximum absolute atomic E-state index is 3.73. The monoisotopic (exact) mass is 366 g/mol. The van der Waals surface area contributed by atoms with Crippen LogP contribution in [0.25, 0.3) is 11.1 Å². The smallest absolute Gasteiger partial charge is 0.0666 e. The van der Waals surface area contributed by atoms with E-state index in [2.05, 4.69) is 97.3 Å². The van der Waals surface area contributed by atoms with E-state index in [0.29, 0.717) is 6.04 Å². The fourth-order valence-corrected chi connectivity index (χ4v) is 4.50. The summed E-state index contributed by atoms with van der Waals surface area (Å²) in [5.41, 5.74) is 10.3. The maximum atomic E-state index is 3.73. The molecule has 2 unspecified atom stereocenters. The van der Waals surface area contributed by atoms with Crippen molar-refractivity contribution in [1.29, 1.82) is 0 Å². The highest BCUT2D eigenvalue weighted by Crippen LogP contribution is 2.46. The molecule has 0 aromatic heterocycles. The third kappa shape index (κ3) is 2.90. The quantitative estimate of drug-likeness (QED) is 0.642. The lowest BCUT2D eigenvalue weighted by Crippen LogP contribution is -2.25. The number of nitrogens with one attached hydrogen (secondary N) is 2. The van der Waals surface area contributed by atoms with Gasteiger partial charge in [0, 0.05) is 23.2 Å². The molecular formula is C26H26N2. The van der Waals surface area contributed by atoms with Crippen molar-refractivity contribution in [3.8, 4) is 0 Å². The summed E-state index contributed by atoms with van der Waals surface area (Å²) in [4.78, 5) is 0. The van der Waals surface area contributed by atoms with Crippen LogP contribution in [0.1, 0.15) is 43.4 Å². The van der Waals surface area contributed by atoms with Gasteiger partial charge in [-0.15, -0.1) is 0 Å². The van der Waals surface area contributed by atoms with Crippen molar-refractivity contribution < 1.29 is 0 Å². The maximum Gasteiger partial charge on any atom is 0.0666 e. The van der Waals surface area contributed by atoms with Crippen LogP contribution in [0.3, 0.4) is 0 Å². The minimum absolute atomic E-state index is 0.287. The van der Waals surface area contributed by atoms with Gasteiger partial charge in [0.2, 0.25) is 0 Å². The molecule has 3 aliphatic rings. The Hall–Kier alpha value is -3.00. The fourth-order valence-electron chi connectivity index (χ4n) is 4.50. The largest absolute Gasteiger partial charge is 0.377 e. The van der Waals surface area contributed by atoms with Crippen LogP contribution in [0, 0.1) is 0 Å². The third-order valence-corrected chi connectivity index (χ3v) is 5.75. The van der Waals surface area contributed by atoms with Gasteiger partial charge in [-0.3, -0.25) is 0 Å². The SMILES string of the molecule is CC1C=C(C2=CCCC=C2)c2ccc3c(c2N1)NC(C)C=C3c1ccccc1. The molecule has 0 amide bonds. The third-order valence-electron chi connectivity index (χ3n) is 5.75. The molecular weight excluding hydrogens is 340 g/mol. The van der Waals surface area contributed by atoms with E-state index >= 15 is 0 Å². The van der Waals surface area contributed by atoms with Gasteiger partial charge in [0.15, 0.2) is 0 Å². The molecule has 0 radical (unpaired) electrons. The van der Waals surface area contributed by atoms with Gasteiger partial charge in [0.05, 0.1) is 11.4 Å². The molecule has 2 atom stereocenters. The van der Waals surface area contributed by atoms with Crippen LogP contribution in [-0.2, 0) is 0 Å². The molecule has 5 rings (SSSR count). The summed E-state index contributed by atoms with van der Waals surface area (Å²) in [7, 11) is 0. The van der Waals surface area contributed by atoms with Crippen molar-refractivity contribution in [2.75, 3.05) is 10.6 Å². The molecule has 0 spiro atoms. The predicted octanol–water partition coefficient (Wildman–Crippen LogP) is 6.41. The first-order valence-electron chi connectivity index (χ1n) is 10.3. The molecule has 2 nitrogen and oxygen atoms in total. The standard InChI is InChI=1S/C26H26N2/c1-17-15-23(19-9-5-3-6-10-19)21-13-14-22-24(20-11-7-4-8-12-20)16-18(2)28-26(22)25(21)27-17/h3,5-7,9-18,27-28H,4,8H2,1-2H3. The van der Waals surface area contributed by atoms with E-state index in [0.717, 1.165) is 12.8 Å². The second-order valence-electron chi connectivity index (χ2n) is 7.94. The van der Waals surface area contributed by atoms with Crippen LogP contribution in [0.4, 0.5) is 11.4 Å². The van der Waals surface area contributed by atoms with Gasteiger partial charge < -0.3 is 10.6 Å². The number of allylic oxidation sites excluding steroid dienone is 5. The van der Waals surface area contributed by atoms with Crippen molar-refractivity contribution in [3.63, 3.8) is 0 Å². The number of anilines is 2. The minimum Gasteiger partial charge on any atom is -0.377 e. The number of rotatable bonds is 2. The summed E-state index contributed by atoms with van der Waals surface area (Å²) in [6.07, 6.45) is 13.9. The average molecular weight is 367 g/mol. The number of hydrogen-bond donors (Lipinski definition) is 2. The molecule has 0 bridgehead atoms. The molecule has 0 fully saturated rings. The van der Waals surface area contributed by atoms with E-state index in [1.165, 1.54) is 44.8 Å². The van der Waals surface area contributed by atoms with E-state index in [1.807, 2.05) is 0 Å². The highest BCUT2D eigenvalue weighted by Gasteiger charge is 2.27. The van der Waals surface area contributed by atoms with Crippen molar-refractivity contribution in [3.05, 3.63) is 95.1 Å². The zero-order valence-corrected chi connectivity index (χ0v) is 16.5. The van der Waals surface area contributed by atoms with E-state index in [4.69, 9.17) is 0 Å². The number of hydrogen-bond acceptors (Lipinski definition) is 2. The lowest BCUT2D eigenvalue weighted by molar-refractivity contribution is 0.959. The van der Waals surface area contributed by atoms with Crippen LogP contribution in [0.5, 0.6) is 0 Å². The summed E-state index contributed by atoms with van der Waals surface area (Å²) in [5.74, 6) is 0. The summed E-state index contributed by atoms with van der Waals surface area (Å²) >= 11 is 0.